The zero-order valence-electron chi connectivity index (χ0n) is 15.2. The van der Waals surface area contributed by atoms with Gasteiger partial charge in [0.15, 0.2) is 0 Å². The minimum atomic E-state index is 0.735. The summed E-state index contributed by atoms with van der Waals surface area (Å²) in [5.41, 5.74) is 6.11. The monoisotopic (exact) mass is 334 g/mol. The van der Waals surface area contributed by atoms with Gasteiger partial charge in [-0.1, -0.05) is 24.3 Å². The predicted octanol–water partition coefficient (Wildman–Crippen LogP) is 5.24. The van der Waals surface area contributed by atoms with E-state index in [1.54, 1.807) is 0 Å². The third kappa shape index (κ3) is 4.11. The van der Waals surface area contributed by atoms with E-state index in [9.17, 15) is 0 Å². The molecule has 130 valence electrons. The minimum absolute atomic E-state index is 0.735. The second-order valence-corrected chi connectivity index (χ2v) is 6.52. The van der Waals surface area contributed by atoms with Crippen LogP contribution in [-0.2, 0) is 13.0 Å². The second-order valence-electron chi connectivity index (χ2n) is 6.52. The van der Waals surface area contributed by atoms with Gasteiger partial charge in [-0.25, -0.2) is 4.98 Å². The molecule has 0 saturated carbocycles. The average Bonchev–Trinajstić information content (AvgIpc) is 2.98. The highest BCUT2D eigenvalue weighted by atomic mass is 16.5. The molecule has 3 rings (SSSR count). The van der Waals surface area contributed by atoms with Gasteiger partial charge in [0.25, 0.3) is 0 Å². The Hall–Kier alpha value is -2.55. The number of fused-ring (bicyclic) bond motifs is 1. The van der Waals surface area contributed by atoms with Crippen molar-refractivity contribution < 1.29 is 4.74 Å². The third-order valence-corrected chi connectivity index (χ3v) is 4.62. The van der Waals surface area contributed by atoms with Crippen molar-refractivity contribution in [3.63, 3.8) is 0 Å². The zero-order chi connectivity index (χ0) is 17.6. The second kappa shape index (κ2) is 8.02. The number of allylic oxidation sites excluding steroid dienone is 1. The van der Waals surface area contributed by atoms with Gasteiger partial charge in [-0.15, -0.1) is 6.58 Å². The van der Waals surface area contributed by atoms with Gasteiger partial charge in [0.2, 0.25) is 0 Å². The van der Waals surface area contributed by atoms with E-state index in [1.165, 1.54) is 22.2 Å². The molecule has 3 aromatic rings. The van der Waals surface area contributed by atoms with Crippen molar-refractivity contribution in [2.75, 3.05) is 6.61 Å². The van der Waals surface area contributed by atoms with Gasteiger partial charge >= 0.3 is 0 Å². The molecule has 0 radical (unpaired) electrons. The number of imidazole rings is 1. The van der Waals surface area contributed by atoms with Gasteiger partial charge in [-0.2, -0.15) is 0 Å². The van der Waals surface area contributed by atoms with E-state index in [2.05, 4.69) is 48.2 Å². The number of aryl methyl sites for hydroxylation is 3. The van der Waals surface area contributed by atoms with Crippen molar-refractivity contribution in [1.29, 1.82) is 0 Å². The summed E-state index contributed by atoms with van der Waals surface area (Å²) >= 11 is 0. The van der Waals surface area contributed by atoms with Gasteiger partial charge in [-0.3, -0.25) is 0 Å². The molecule has 1 aromatic heterocycles. The van der Waals surface area contributed by atoms with Gasteiger partial charge in [-0.05, 0) is 68.0 Å². The summed E-state index contributed by atoms with van der Waals surface area (Å²) in [6.07, 6.45) is 6.80. The van der Waals surface area contributed by atoms with Crippen LogP contribution < -0.4 is 4.74 Å². The quantitative estimate of drug-likeness (QED) is 0.416. The Morgan fingerprint density at radius 2 is 1.92 bits per heavy atom. The normalized spacial score (nSPS) is 11.0. The molecule has 2 aromatic carbocycles. The fourth-order valence-electron chi connectivity index (χ4n) is 3.03. The highest BCUT2D eigenvalue weighted by molar-refractivity contribution is 5.77. The van der Waals surface area contributed by atoms with Crippen molar-refractivity contribution in [3.05, 3.63) is 72.1 Å². The van der Waals surface area contributed by atoms with E-state index in [1.807, 2.05) is 30.6 Å². The van der Waals surface area contributed by atoms with Crippen LogP contribution in [0.15, 0.2) is 55.4 Å². The third-order valence-electron chi connectivity index (χ3n) is 4.62. The number of ether oxygens (including phenoxy) is 1. The molecule has 0 bridgehead atoms. The summed E-state index contributed by atoms with van der Waals surface area (Å²) in [5, 5.41) is 0. The van der Waals surface area contributed by atoms with Crippen LogP contribution in [0.5, 0.6) is 5.75 Å². The largest absolute Gasteiger partial charge is 0.493 e. The summed E-state index contributed by atoms with van der Waals surface area (Å²) in [7, 11) is 0. The maximum Gasteiger partial charge on any atom is 0.122 e. The van der Waals surface area contributed by atoms with Gasteiger partial charge in [0, 0.05) is 6.54 Å². The summed E-state index contributed by atoms with van der Waals surface area (Å²) in [6, 6.07) is 12.6. The van der Waals surface area contributed by atoms with Crippen molar-refractivity contribution in [1.82, 2.24) is 9.55 Å². The van der Waals surface area contributed by atoms with Crippen LogP contribution in [0.2, 0.25) is 0 Å². The van der Waals surface area contributed by atoms with Crippen LogP contribution >= 0.6 is 0 Å². The lowest BCUT2D eigenvalue weighted by molar-refractivity contribution is 0.301. The SMILES string of the molecule is C=CCc1ccccc1OCCCCn1cnc2cc(C)c(C)cc21. The first-order valence-corrected chi connectivity index (χ1v) is 8.92. The van der Waals surface area contributed by atoms with Crippen LogP contribution in [0.25, 0.3) is 11.0 Å². The van der Waals surface area contributed by atoms with Crippen LogP contribution in [0.3, 0.4) is 0 Å². The Labute approximate surface area is 150 Å². The summed E-state index contributed by atoms with van der Waals surface area (Å²) in [6.45, 7) is 9.80. The number of aromatic nitrogens is 2. The van der Waals surface area contributed by atoms with Crippen molar-refractivity contribution in [3.8, 4) is 5.75 Å². The molecule has 0 fully saturated rings. The Bertz CT molecular complexity index is 864. The molecule has 0 aliphatic rings. The minimum Gasteiger partial charge on any atom is -0.493 e. The first-order valence-electron chi connectivity index (χ1n) is 8.92. The Morgan fingerprint density at radius 3 is 2.76 bits per heavy atom. The lowest BCUT2D eigenvalue weighted by Gasteiger charge is -2.10. The first kappa shape index (κ1) is 17.3. The van der Waals surface area contributed by atoms with Crippen molar-refractivity contribution in [2.45, 2.75) is 39.7 Å². The van der Waals surface area contributed by atoms with E-state index in [0.29, 0.717) is 0 Å². The van der Waals surface area contributed by atoms with Crippen LogP contribution in [0, 0.1) is 13.8 Å². The van der Waals surface area contributed by atoms with Crippen LogP contribution in [0.4, 0.5) is 0 Å². The van der Waals surface area contributed by atoms with Crippen LogP contribution in [-0.4, -0.2) is 16.2 Å². The fourth-order valence-corrected chi connectivity index (χ4v) is 3.03. The molecule has 3 heteroatoms. The zero-order valence-corrected chi connectivity index (χ0v) is 15.2. The Balaban J connectivity index is 1.52. The summed E-state index contributed by atoms with van der Waals surface area (Å²) < 4.78 is 8.20. The molecule has 0 aliphatic heterocycles. The van der Waals surface area contributed by atoms with E-state index in [-0.39, 0.29) is 0 Å². The van der Waals surface area contributed by atoms with Gasteiger partial charge in [0.1, 0.15) is 5.75 Å². The van der Waals surface area contributed by atoms with Crippen LogP contribution in [0.1, 0.15) is 29.5 Å². The molecule has 0 atom stereocenters. The van der Waals surface area contributed by atoms with E-state index >= 15 is 0 Å². The first-order chi connectivity index (χ1) is 12.2. The molecule has 0 aliphatic carbocycles. The summed E-state index contributed by atoms with van der Waals surface area (Å²) in [4.78, 5) is 4.52. The molecule has 25 heavy (non-hydrogen) atoms. The molecule has 3 nitrogen and oxygen atoms in total. The number of para-hydroxylation sites is 1. The topological polar surface area (TPSA) is 27.1 Å². The van der Waals surface area contributed by atoms with Gasteiger partial charge in [0.05, 0.1) is 24.0 Å². The van der Waals surface area contributed by atoms with Crippen molar-refractivity contribution in [2.24, 2.45) is 0 Å². The molecule has 0 N–H and O–H groups in total. The van der Waals surface area contributed by atoms with E-state index in [4.69, 9.17) is 4.74 Å². The molecule has 0 unspecified atom stereocenters. The molecule has 0 spiro atoms. The Morgan fingerprint density at radius 1 is 1.12 bits per heavy atom. The maximum absolute atomic E-state index is 5.96. The predicted molar refractivity (Wildman–Crippen MR) is 104 cm³/mol. The lowest BCUT2D eigenvalue weighted by atomic mass is 10.1. The standard InChI is InChI=1S/C22H26N2O/c1-4-9-19-10-5-6-11-22(19)25-13-8-7-12-24-16-23-20-14-17(2)18(3)15-21(20)24/h4-6,10-11,14-16H,1,7-9,12-13H2,2-3H3. The number of nitrogens with zero attached hydrogens (tertiary/aromatic N) is 2. The van der Waals surface area contributed by atoms with Crippen molar-refractivity contribution >= 4 is 11.0 Å². The molecular formula is C22H26N2O. The fraction of sp³-hybridized carbons (Fsp3) is 0.318. The smallest absolute Gasteiger partial charge is 0.122 e. The number of unbranched alkanes of at least 4 members (excludes halogenated alkanes) is 1. The van der Waals surface area contributed by atoms with E-state index < -0.39 is 0 Å². The van der Waals surface area contributed by atoms with Gasteiger partial charge < -0.3 is 9.30 Å². The maximum atomic E-state index is 5.96. The summed E-state index contributed by atoms with van der Waals surface area (Å²) in [5.74, 6) is 0.974. The van der Waals surface area contributed by atoms with E-state index in [0.717, 1.165) is 43.7 Å². The lowest BCUT2D eigenvalue weighted by Crippen LogP contribution is -2.03. The highest BCUT2D eigenvalue weighted by Crippen LogP contribution is 2.20. The number of hydrogen-bond donors (Lipinski definition) is 0. The molecule has 1 heterocycles. The molecule has 0 amide bonds. The molecule has 0 saturated heterocycles. The number of benzene rings is 2. The Kier molecular flexibility index (Phi) is 5.54. The number of rotatable bonds is 8. The highest BCUT2D eigenvalue weighted by Gasteiger charge is 2.05. The molecular weight excluding hydrogens is 308 g/mol. The average molecular weight is 334 g/mol. The number of hydrogen-bond acceptors (Lipinski definition) is 2.